The van der Waals surface area contributed by atoms with Gasteiger partial charge in [0, 0.05) is 0 Å². The Morgan fingerprint density at radius 3 is 1.85 bits per heavy atom. The van der Waals surface area contributed by atoms with Crippen LogP contribution in [0.25, 0.3) is 10.8 Å². The van der Waals surface area contributed by atoms with Crippen molar-refractivity contribution in [3.63, 3.8) is 0 Å². The Labute approximate surface area is 123 Å². The number of hydrogen-bond acceptors (Lipinski definition) is 0. The van der Waals surface area contributed by atoms with Gasteiger partial charge in [-0.15, -0.1) is 0 Å². The van der Waals surface area contributed by atoms with Crippen LogP contribution in [0.15, 0.2) is 36.4 Å². The van der Waals surface area contributed by atoms with Gasteiger partial charge in [-0.25, -0.2) is 0 Å². The van der Waals surface area contributed by atoms with E-state index in [0.717, 1.165) is 25.7 Å². The standard InChI is InChI=1S/C20H25/c1-5-9-10-18-12-16(7-3)13-19-17(8-4)11-15(6-2)14-20(18)19/h5,9,11-14H,1,6-8,10H2,2-4H3/b9-5+. The number of fused-ring (bicyclic) bond motifs is 1. The van der Waals surface area contributed by atoms with Crippen molar-refractivity contribution in [2.45, 2.75) is 46.5 Å². The molecule has 0 aliphatic rings. The first-order chi connectivity index (χ1) is 9.73. The first-order valence-corrected chi connectivity index (χ1v) is 7.74. The molecule has 105 valence electrons. The first kappa shape index (κ1) is 14.8. The molecule has 0 aliphatic carbocycles. The maximum absolute atomic E-state index is 3.81. The molecule has 0 bridgehead atoms. The predicted octanol–water partition coefficient (Wildman–Crippen LogP) is 5.46. The van der Waals surface area contributed by atoms with Crippen molar-refractivity contribution in [2.24, 2.45) is 0 Å². The number of hydrogen-bond donors (Lipinski definition) is 0. The highest BCUT2D eigenvalue weighted by Crippen LogP contribution is 2.28. The Kier molecular flexibility index (Phi) is 5.00. The van der Waals surface area contributed by atoms with E-state index in [2.05, 4.69) is 58.0 Å². The second-order valence-electron chi connectivity index (χ2n) is 5.34. The van der Waals surface area contributed by atoms with Gasteiger partial charge in [0.05, 0.1) is 0 Å². The molecule has 0 atom stereocenters. The second kappa shape index (κ2) is 6.74. The molecule has 0 unspecified atom stereocenters. The van der Waals surface area contributed by atoms with E-state index in [1.54, 1.807) is 0 Å². The van der Waals surface area contributed by atoms with Crippen molar-refractivity contribution in [2.75, 3.05) is 0 Å². The molecular weight excluding hydrogens is 240 g/mol. The summed E-state index contributed by atoms with van der Waals surface area (Å²) in [5.41, 5.74) is 5.79. The molecule has 0 aromatic heterocycles. The van der Waals surface area contributed by atoms with E-state index >= 15 is 0 Å². The highest BCUT2D eigenvalue weighted by atomic mass is 14.1. The van der Waals surface area contributed by atoms with E-state index in [-0.39, 0.29) is 0 Å². The summed E-state index contributed by atoms with van der Waals surface area (Å²) in [6.07, 6.45) is 8.32. The fraction of sp³-hybridized carbons (Fsp3) is 0.350. The van der Waals surface area contributed by atoms with Crippen LogP contribution >= 0.6 is 0 Å². The highest BCUT2D eigenvalue weighted by Gasteiger charge is 2.08. The maximum atomic E-state index is 3.81. The van der Waals surface area contributed by atoms with Gasteiger partial charge in [-0.05, 0) is 65.6 Å². The molecule has 0 heterocycles. The third kappa shape index (κ3) is 2.95. The summed E-state index contributed by atoms with van der Waals surface area (Å²) in [5, 5.41) is 2.87. The molecule has 0 aliphatic heterocycles. The van der Waals surface area contributed by atoms with Crippen molar-refractivity contribution >= 4 is 10.8 Å². The van der Waals surface area contributed by atoms with Crippen LogP contribution in [0, 0.1) is 6.92 Å². The second-order valence-corrected chi connectivity index (χ2v) is 5.34. The molecule has 0 saturated heterocycles. The van der Waals surface area contributed by atoms with Crippen LogP contribution in [-0.2, 0) is 25.7 Å². The molecule has 0 nitrogen and oxygen atoms in total. The summed E-state index contributed by atoms with van der Waals surface area (Å²) < 4.78 is 0. The fourth-order valence-electron chi connectivity index (χ4n) is 2.82. The predicted molar refractivity (Wildman–Crippen MR) is 90.3 cm³/mol. The van der Waals surface area contributed by atoms with Crippen LogP contribution in [0.1, 0.15) is 43.0 Å². The zero-order chi connectivity index (χ0) is 14.5. The summed E-state index contributed by atoms with van der Waals surface area (Å²) in [4.78, 5) is 0. The van der Waals surface area contributed by atoms with Crippen molar-refractivity contribution in [1.29, 1.82) is 0 Å². The average molecular weight is 265 g/mol. The SMILES string of the molecule is [CH2]/C=C/Cc1cc(CC)cc2c(CC)cc(CC)cc12. The van der Waals surface area contributed by atoms with E-state index in [4.69, 9.17) is 0 Å². The van der Waals surface area contributed by atoms with Gasteiger partial charge in [0.25, 0.3) is 0 Å². The zero-order valence-corrected chi connectivity index (χ0v) is 13.0. The summed E-state index contributed by atoms with van der Waals surface area (Å²) in [5.74, 6) is 0. The molecule has 1 radical (unpaired) electrons. The van der Waals surface area contributed by atoms with Crippen LogP contribution in [0.5, 0.6) is 0 Å². The highest BCUT2D eigenvalue weighted by molar-refractivity contribution is 5.90. The molecule has 2 aromatic carbocycles. The molecule has 0 heteroatoms. The Hall–Kier alpha value is -1.56. The van der Waals surface area contributed by atoms with E-state index in [9.17, 15) is 0 Å². The third-order valence-electron chi connectivity index (χ3n) is 4.06. The Morgan fingerprint density at radius 2 is 1.35 bits per heavy atom. The summed E-state index contributed by atoms with van der Waals surface area (Å²) in [6, 6.07) is 9.50. The van der Waals surface area contributed by atoms with Gasteiger partial charge in [-0.2, -0.15) is 0 Å². The van der Waals surface area contributed by atoms with Crippen LogP contribution in [-0.4, -0.2) is 0 Å². The van der Waals surface area contributed by atoms with Gasteiger partial charge in [0.15, 0.2) is 0 Å². The van der Waals surface area contributed by atoms with Crippen molar-refractivity contribution in [1.82, 2.24) is 0 Å². The largest absolute Gasteiger partial charge is 0.0879 e. The summed E-state index contributed by atoms with van der Waals surface area (Å²) in [6.45, 7) is 10.5. The number of rotatable bonds is 5. The Morgan fingerprint density at radius 1 is 0.800 bits per heavy atom. The minimum Gasteiger partial charge on any atom is -0.0879 e. The monoisotopic (exact) mass is 265 g/mol. The zero-order valence-electron chi connectivity index (χ0n) is 13.0. The molecule has 0 spiro atoms. The normalized spacial score (nSPS) is 11.6. The van der Waals surface area contributed by atoms with Gasteiger partial charge in [-0.3, -0.25) is 0 Å². The smallest absolute Gasteiger partial charge is 0.00912 e. The van der Waals surface area contributed by atoms with Crippen molar-refractivity contribution in [3.05, 3.63) is 65.6 Å². The first-order valence-electron chi connectivity index (χ1n) is 7.74. The summed E-state index contributed by atoms with van der Waals surface area (Å²) >= 11 is 0. The van der Waals surface area contributed by atoms with E-state index in [1.165, 1.54) is 33.0 Å². The van der Waals surface area contributed by atoms with E-state index < -0.39 is 0 Å². The molecule has 20 heavy (non-hydrogen) atoms. The molecule has 0 amide bonds. The lowest BCUT2D eigenvalue weighted by Gasteiger charge is -2.13. The lowest BCUT2D eigenvalue weighted by molar-refractivity contribution is 1.09. The lowest BCUT2D eigenvalue weighted by atomic mass is 9.91. The third-order valence-corrected chi connectivity index (χ3v) is 4.06. The van der Waals surface area contributed by atoms with Crippen LogP contribution in [0.2, 0.25) is 0 Å². The van der Waals surface area contributed by atoms with Crippen LogP contribution in [0.3, 0.4) is 0 Å². The van der Waals surface area contributed by atoms with Gasteiger partial charge < -0.3 is 0 Å². The van der Waals surface area contributed by atoms with Gasteiger partial charge in [0.1, 0.15) is 0 Å². The van der Waals surface area contributed by atoms with Crippen LogP contribution in [0.4, 0.5) is 0 Å². The molecule has 0 saturated carbocycles. The molecule has 2 rings (SSSR count). The van der Waals surface area contributed by atoms with Crippen molar-refractivity contribution < 1.29 is 0 Å². The molecule has 0 N–H and O–H groups in total. The average Bonchev–Trinajstić information content (AvgIpc) is 2.50. The lowest BCUT2D eigenvalue weighted by Crippen LogP contribution is -1.95. The van der Waals surface area contributed by atoms with E-state index in [0.29, 0.717) is 0 Å². The quantitative estimate of drug-likeness (QED) is 0.673. The minimum absolute atomic E-state index is 0.976. The van der Waals surface area contributed by atoms with Gasteiger partial charge in [0.2, 0.25) is 0 Å². The fourth-order valence-corrected chi connectivity index (χ4v) is 2.82. The van der Waals surface area contributed by atoms with Gasteiger partial charge in [-0.1, -0.05) is 57.2 Å². The molecule has 0 fully saturated rings. The van der Waals surface area contributed by atoms with Crippen molar-refractivity contribution in [3.8, 4) is 0 Å². The molecule has 2 aromatic rings. The Balaban J connectivity index is 2.73. The maximum Gasteiger partial charge on any atom is -0.00912 e. The Bertz CT molecular complexity index is 617. The number of benzene rings is 2. The minimum atomic E-state index is 0.976. The molecular formula is C20H25. The van der Waals surface area contributed by atoms with Crippen LogP contribution < -0.4 is 0 Å². The van der Waals surface area contributed by atoms with E-state index in [1.807, 2.05) is 6.08 Å². The summed E-state index contributed by atoms with van der Waals surface area (Å²) in [7, 11) is 0. The number of aryl methyl sites for hydroxylation is 3. The van der Waals surface area contributed by atoms with Gasteiger partial charge >= 0.3 is 0 Å². The number of allylic oxidation sites excluding steroid dienone is 2. The topological polar surface area (TPSA) is 0 Å².